The topological polar surface area (TPSA) is 50.7 Å². The number of benzene rings is 1. The number of nitrogens with one attached hydrogen (secondary N) is 1. The van der Waals surface area contributed by atoms with E-state index in [0.717, 1.165) is 17.9 Å². The molecule has 1 aliphatic carbocycles. The van der Waals surface area contributed by atoms with Crippen molar-refractivity contribution in [1.82, 2.24) is 5.32 Å². The molecule has 1 aromatic rings. The van der Waals surface area contributed by atoms with Crippen molar-refractivity contribution in [3.05, 3.63) is 17.7 Å². The summed E-state index contributed by atoms with van der Waals surface area (Å²) in [6, 6.07) is 3.47. The third-order valence-electron chi connectivity index (χ3n) is 3.54. The maximum atomic E-state index is 9.84. The molecule has 4 heteroatoms. The molecule has 0 aromatic heterocycles. The summed E-state index contributed by atoms with van der Waals surface area (Å²) >= 11 is 0. The molecule has 0 radical (unpaired) electrons. The van der Waals surface area contributed by atoms with Crippen LogP contribution in [0.2, 0.25) is 0 Å². The number of phenolic OH excluding ortho intramolecular Hbond substituents is 1. The molecule has 3 rings (SSSR count). The fourth-order valence-electron chi connectivity index (χ4n) is 2.00. The molecule has 1 aliphatic heterocycles. The van der Waals surface area contributed by atoms with Gasteiger partial charge in [0.15, 0.2) is 11.5 Å². The fraction of sp³-hybridized carbons (Fsp3) is 0.538. The Morgan fingerprint density at radius 3 is 2.71 bits per heavy atom. The van der Waals surface area contributed by atoms with Gasteiger partial charge in [-0.05, 0) is 24.3 Å². The minimum Gasteiger partial charge on any atom is -0.507 e. The van der Waals surface area contributed by atoms with Gasteiger partial charge < -0.3 is 19.9 Å². The Balaban J connectivity index is 1.66. The first-order valence-electron chi connectivity index (χ1n) is 5.99. The van der Waals surface area contributed by atoms with E-state index in [1.165, 1.54) is 12.8 Å². The van der Waals surface area contributed by atoms with Crippen LogP contribution in [0.4, 0.5) is 0 Å². The molecule has 1 fully saturated rings. The molecule has 1 heterocycles. The van der Waals surface area contributed by atoms with Crippen molar-refractivity contribution in [2.75, 3.05) is 13.3 Å². The van der Waals surface area contributed by atoms with E-state index in [1.54, 1.807) is 6.07 Å². The molecule has 2 N–H and O–H groups in total. The van der Waals surface area contributed by atoms with E-state index in [1.807, 2.05) is 6.07 Å². The van der Waals surface area contributed by atoms with Crippen molar-refractivity contribution in [2.24, 2.45) is 5.41 Å². The SMILES string of the molecule is CC1(CNCc2cc3c(cc2O)OCO3)CC1. The Labute approximate surface area is 101 Å². The van der Waals surface area contributed by atoms with Crippen LogP contribution in [0.15, 0.2) is 12.1 Å². The molecule has 1 aromatic carbocycles. The zero-order chi connectivity index (χ0) is 11.9. The quantitative estimate of drug-likeness (QED) is 0.838. The molecule has 17 heavy (non-hydrogen) atoms. The monoisotopic (exact) mass is 235 g/mol. The van der Waals surface area contributed by atoms with Crippen molar-refractivity contribution in [3.63, 3.8) is 0 Å². The van der Waals surface area contributed by atoms with Crippen molar-refractivity contribution in [3.8, 4) is 17.2 Å². The van der Waals surface area contributed by atoms with Gasteiger partial charge in [0.1, 0.15) is 5.75 Å². The number of hydrogen-bond donors (Lipinski definition) is 2. The highest BCUT2D eigenvalue weighted by molar-refractivity contribution is 5.51. The number of fused-ring (bicyclic) bond motifs is 1. The first-order valence-corrected chi connectivity index (χ1v) is 5.99. The third-order valence-corrected chi connectivity index (χ3v) is 3.54. The number of hydrogen-bond acceptors (Lipinski definition) is 4. The van der Waals surface area contributed by atoms with Crippen LogP contribution in [0.3, 0.4) is 0 Å². The van der Waals surface area contributed by atoms with E-state index < -0.39 is 0 Å². The Bertz CT molecular complexity index is 441. The lowest BCUT2D eigenvalue weighted by Crippen LogP contribution is -2.21. The zero-order valence-corrected chi connectivity index (χ0v) is 9.95. The standard InChI is InChI=1S/C13H17NO3/c1-13(2-3-13)7-14-6-9-4-11-12(5-10(9)15)17-8-16-11/h4-5,14-15H,2-3,6-8H2,1H3. The van der Waals surface area contributed by atoms with Gasteiger partial charge in [0.05, 0.1) is 0 Å². The Morgan fingerprint density at radius 1 is 1.29 bits per heavy atom. The van der Waals surface area contributed by atoms with Crippen molar-refractivity contribution >= 4 is 0 Å². The van der Waals surface area contributed by atoms with Crippen LogP contribution < -0.4 is 14.8 Å². The second-order valence-electron chi connectivity index (χ2n) is 5.25. The van der Waals surface area contributed by atoms with Gasteiger partial charge in [-0.2, -0.15) is 0 Å². The summed E-state index contributed by atoms with van der Waals surface area (Å²) in [6.07, 6.45) is 2.60. The summed E-state index contributed by atoms with van der Waals surface area (Å²) in [7, 11) is 0. The van der Waals surface area contributed by atoms with Gasteiger partial charge in [-0.1, -0.05) is 6.92 Å². The maximum absolute atomic E-state index is 9.84. The first-order chi connectivity index (χ1) is 8.16. The number of phenols is 1. The van der Waals surface area contributed by atoms with E-state index in [-0.39, 0.29) is 12.5 Å². The van der Waals surface area contributed by atoms with Crippen LogP contribution in [-0.4, -0.2) is 18.4 Å². The highest BCUT2D eigenvalue weighted by Gasteiger charge is 2.36. The molecule has 0 amide bonds. The van der Waals surface area contributed by atoms with Gasteiger partial charge >= 0.3 is 0 Å². The Morgan fingerprint density at radius 2 is 2.00 bits per heavy atom. The minimum absolute atomic E-state index is 0.240. The van der Waals surface area contributed by atoms with Crippen LogP contribution in [0.1, 0.15) is 25.3 Å². The number of rotatable bonds is 4. The molecule has 4 nitrogen and oxygen atoms in total. The average molecular weight is 235 g/mol. The molecule has 0 bridgehead atoms. The van der Waals surface area contributed by atoms with Crippen LogP contribution in [0.25, 0.3) is 0 Å². The summed E-state index contributed by atoms with van der Waals surface area (Å²) in [5.41, 5.74) is 1.34. The Kier molecular flexibility index (Phi) is 2.40. The van der Waals surface area contributed by atoms with Gasteiger partial charge in [-0.3, -0.25) is 0 Å². The maximum Gasteiger partial charge on any atom is 0.231 e. The van der Waals surface area contributed by atoms with Crippen molar-refractivity contribution in [1.29, 1.82) is 0 Å². The van der Waals surface area contributed by atoms with E-state index >= 15 is 0 Å². The third kappa shape index (κ3) is 2.17. The van der Waals surface area contributed by atoms with Gasteiger partial charge in [0, 0.05) is 24.7 Å². The fourth-order valence-corrected chi connectivity index (χ4v) is 2.00. The molecule has 2 aliphatic rings. The van der Waals surface area contributed by atoms with E-state index in [2.05, 4.69) is 12.2 Å². The van der Waals surface area contributed by atoms with E-state index in [0.29, 0.717) is 17.7 Å². The molecular weight excluding hydrogens is 218 g/mol. The van der Waals surface area contributed by atoms with Crippen molar-refractivity contribution < 1.29 is 14.6 Å². The summed E-state index contributed by atoms with van der Waals surface area (Å²) in [5.74, 6) is 1.61. The number of ether oxygens (including phenoxy) is 2. The van der Waals surface area contributed by atoms with Gasteiger partial charge in [0.25, 0.3) is 0 Å². The lowest BCUT2D eigenvalue weighted by molar-refractivity contribution is 0.174. The Hall–Kier alpha value is -1.42. The highest BCUT2D eigenvalue weighted by Crippen LogP contribution is 2.44. The molecule has 0 unspecified atom stereocenters. The minimum atomic E-state index is 0.240. The average Bonchev–Trinajstić information content (AvgIpc) is 2.86. The van der Waals surface area contributed by atoms with Crippen LogP contribution in [0.5, 0.6) is 17.2 Å². The van der Waals surface area contributed by atoms with Crippen molar-refractivity contribution in [2.45, 2.75) is 26.3 Å². The second-order valence-corrected chi connectivity index (χ2v) is 5.25. The zero-order valence-electron chi connectivity index (χ0n) is 9.95. The smallest absolute Gasteiger partial charge is 0.231 e. The lowest BCUT2D eigenvalue weighted by atomic mass is 10.1. The number of aromatic hydroxyl groups is 1. The molecular formula is C13H17NO3. The largest absolute Gasteiger partial charge is 0.507 e. The van der Waals surface area contributed by atoms with Gasteiger partial charge in [-0.25, -0.2) is 0 Å². The summed E-state index contributed by atoms with van der Waals surface area (Å²) < 4.78 is 10.5. The molecule has 0 atom stereocenters. The normalized spacial score (nSPS) is 19.4. The highest BCUT2D eigenvalue weighted by atomic mass is 16.7. The molecule has 92 valence electrons. The predicted octanol–water partition coefficient (Wildman–Crippen LogP) is 2.01. The molecule has 1 saturated carbocycles. The van der Waals surface area contributed by atoms with Gasteiger partial charge in [0.2, 0.25) is 6.79 Å². The summed E-state index contributed by atoms with van der Waals surface area (Å²) in [6.45, 7) is 4.18. The van der Waals surface area contributed by atoms with E-state index in [9.17, 15) is 5.11 Å². The molecule has 0 spiro atoms. The van der Waals surface area contributed by atoms with Crippen LogP contribution >= 0.6 is 0 Å². The predicted molar refractivity (Wildman–Crippen MR) is 63.3 cm³/mol. The summed E-state index contributed by atoms with van der Waals surface area (Å²) in [4.78, 5) is 0. The summed E-state index contributed by atoms with van der Waals surface area (Å²) in [5, 5.41) is 13.2. The van der Waals surface area contributed by atoms with E-state index in [4.69, 9.17) is 9.47 Å². The first kappa shape index (κ1) is 10.7. The second kappa shape index (κ2) is 3.81. The lowest BCUT2D eigenvalue weighted by Gasteiger charge is -2.11. The van der Waals surface area contributed by atoms with Crippen LogP contribution in [-0.2, 0) is 6.54 Å². The van der Waals surface area contributed by atoms with Gasteiger partial charge in [-0.15, -0.1) is 0 Å². The molecule has 0 saturated heterocycles. The van der Waals surface area contributed by atoms with Crippen LogP contribution in [0, 0.1) is 5.41 Å².